The second-order valence-corrected chi connectivity index (χ2v) is 7.06. The monoisotopic (exact) mass is 360 g/mol. The van der Waals surface area contributed by atoms with E-state index in [0.29, 0.717) is 19.5 Å². The Kier molecular flexibility index (Phi) is 7.95. The number of unbranched alkanes of at least 4 members (excludes halogenated alkanes) is 2. The van der Waals surface area contributed by atoms with Gasteiger partial charge in [-0.2, -0.15) is 0 Å². The molecule has 0 aliphatic carbocycles. The van der Waals surface area contributed by atoms with Gasteiger partial charge in [-0.3, -0.25) is 9.59 Å². The number of benzene rings is 1. The molecule has 1 aliphatic heterocycles. The fourth-order valence-electron chi connectivity index (χ4n) is 3.33. The Hall–Kier alpha value is -2.04. The molecular weight excluding hydrogens is 328 g/mol. The van der Waals surface area contributed by atoms with Gasteiger partial charge >= 0.3 is 0 Å². The van der Waals surface area contributed by atoms with Crippen LogP contribution in [0.15, 0.2) is 24.3 Å². The van der Waals surface area contributed by atoms with Gasteiger partial charge in [0.15, 0.2) is 0 Å². The van der Waals surface area contributed by atoms with Crippen molar-refractivity contribution in [3.8, 4) is 5.75 Å². The average Bonchev–Trinajstić information content (AvgIpc) is 3.02. The fourth-order valence-corrected chi connectivity index (χ4v) is 3.33. The minimum Gasteiger partial charge on any atom is -0.497 e. The quantitative estimate of drug-likeness (QED) is 0.642. The lowest BCUT2D eigenvalue weighted by Crippen LogP contribution is -2.38. The first-order valence-corrected chi connectivity index (χ1v) is 9.78. The summed E-state index contributed by atoms with van der Waals surface area (Å²) in [4.78, 5) is 29.1. The molecule has 1 fully saturated rings. The van der Waals surface area contributed by atoms with Crippen LogP contribution in [0.1, 0.15) is 51.5 Å². The molecule has 0 radical (unpaired) electrons. The van der Waals surface area contributed by atoms with Crippen molar-refractivity contribution < 1.29 is 14.3 Å². The molecule has 0 N–H and O–H groups in total. The third kappa shape index (κ3) is 5.48. The van der Waals surface area contributed by atoms with Crippen LogP contribution in [0.3, 0.4) is 0 Å². The Bertz CT molecular complexity index is 577. The molecule has 1 atom stereocenters. The van der Waals surface area contributed by atoms with Crippen LogP contribution in [0.5, 0.6) is 5.75 Å². The second-order valence-electron chi connectivity index (χ2n) is 7.06. The molecule has 5 nitrogen and oxygen atoms in total. The lowest BCUT2D eigenvalue weighted by Gasteiger charge is -2.25. The zero-order valence-electron chi connectivity index (χ0n) is 16.4. The van der Waals surface area contributed by atoms with Gasteiger partial charge in [0.1, 0.15) is 5.75 Å². The van der Waals surface area contributed by atoms with Gasteiger partial charge in [-0.25, -0.2) is 0 Å². The highest BCUT2D eigenvalue weighted by atomic mass is 16.5. The van der Waals surface area contributed by atoms with Crippen molar-refractivity contribution in [2.24, 2.45) is 5.92 Å². The van der Waals surface area contributed by atoms with Crippen LogP contribution in [0, 0.1) is 5.92 Å². The topological polar surface area (TPSA) is 49.9 Å². The first-order valence-electron chi connectivity index (χ1n) is 9.78. The van der Waals surface area contributed by atoms with E-state index in [1.165, 1.54) is 0 Å². The highest BCUT2D eigenvalue weighted by molar-refractivity contribution is 5.89. The van der Waals surface area contributed by atoms with Crippen molar-refractivity contribution in [1.29, 1.82) is 0 Å². The van der Waals surface area contributed by atoms with Gasteiger partial charge in [0.2, 0.25) is 11.8 Å². The summed E-state index contributed by atoms with van der Waals surface area (Å²) in [5, 5.41) is 0. The summed E-state index contributed by atoms with van der Waals surface area (Å²) in [6.45, 7) is 6.96. The molecule has 1 saturated heterocycles. The van der Waals surface area contributed by atoms with Crippen molar-refractivity contribution in [1.82, 2.24) is 9.80 Å². The number of hydrogen-bond acceptors (Lipinski definition) is 3. The van der Waals surface area contributed by atoms with Crippen molar-refractivity contribution in [2.75, 3.05) is 26.7 Å². The Labute approximate surface area is 157 Å². The molecule has 0 spiro atoms. The standard InChI is InChI=1S/C21H32N2O3/c1-4-6-12-22(13-7-5-2)21(25)18-14-20(24)23(16-18)15-17-8-10-19(26-3)11-9-17/h8-11,18H,4-7,12-16H2,1-3H3. The molecule has 26 heavy (non-hydrogen) atoms. The Balaban J connectivity index is 1.96. The number of carbonyl (C=O) groups is 2. The lowest BCUT2D eigenvalue weighted by molar-refractivity contribution is -0.136. The molecule has 0 saturated carbocycles. The van der Waals surface area contributed by atoms with Crippen LogP contribution in [-0.4, -0.2) is 48.4 Å². The van der Waals surface area contributed by atoms with Crippen LogP contribution in [0.2, 0.25) is 0 Å². The first kappa shape index (κ1) is 20.3. The van der Waals surface area contributed by atoms with E-state index < -0.39 is 0 Å². The molecule has 2 amide bonds. The minimum absolute atomic E-state index is 0.0742. The first-order chi connectivity index (χ1) is 12.6. The van der Waals surface area contributed by atoms with Crippen molar-refractivity contribution >= 4 is 11.8 Å². The number of nitrogens with zero attached hydrogens (tertiary/aromatic N) is 2. The predicted molar refractivity (Wildman–Crippen MR) is 103 cm³/mol. The second kappa shape index (κ2) is 10.2. The number of hydrogen-bond donors (Lipinski definition) is 0. The maximum atomic E-state index is 12.9. The molecule has 5 heteroatoms. The van der Waals surface area contributed by atoms with Crippen molar-refractivity contribution in [3.05, 3.63) is 29.8 Å². The summed E-state index contributed by atoms with van der Waals surface area (Å²) in [6, 6.07) is 7.73. The maximum Gasteiger partial charge on any atom is 0.227 e. The van der Waals surface area contributed by atoms with Gasteiger partial charge in [-0.15, -0.1) is 0 Å². The number of rotatable bonds is 10. The van der Waals surface area contributed by atoms with E-state index in [4.69, 9.17) is 4.74 Å². The summed E-state index contributed by atoms with van der Waals surface area (Å²) in [6.07, 6.45) is 4.52. The summed E-state index contributed by atoms with van der Waals surface area (Å²) in [5.41, 5.74) is 1.06. The van der Waals surface area contributed by atoms with Gasteiger partial charge in [0.05, 0.1) is 13.0 Å². The van der Waals surface area contributed by atoms with Gasteiger partial charge in [-0.1, -0.05) is 38.8 Å². The van der Waals surface area contributed by atoms with E-state index in [9.17, 15) is 9.59 Å². The molecule has 0 bridgehead atoms. The molecular formula is C21H32N2O3. The maximum absolute atomic E-state index is 12.9. The summed E-state index contributed by atoms with van der Waals surface area (Å²) in [5.74, 6) is 0.828. The van der Waals surface area contributed by atoms with Crippen LogP contribution in [0.25, 0.3) is 0 Å². The molecule has 1 aromatic rings. The predicted octanol–water partition coefficient (Wildman–Crippen LogP) is 3.47. The summed E-state index contributed by atoms with van der Waals surface area (Å²) < 4.78 is 5.17. The lowest BCUT2D eigenvalue weighted by atomic mass is 10.1. The average molecular weight is 360 g/mol. The van der Waals surface area contributed by atoms with Crippen molar-refractivity contribution in [2.45, 2.75) is 52.5 Å². The zero-order valence-corrected chi connectivity index (χ0v) is 16.4. The molecule has 1 aliphatic rings. The van der Waals surface area contributed by atoms with Crippen LogP contribution >= 0.6 is 0 Å². The van der Waals surface area contributed by atoms with Gasteiger partial charge < -0.3 is 14.5 Å². The number of carbonyl (C=O) groups excluding carboxylic acids is 2. The normalized spacial score (nSPS) is 16.8. The Morgan fingerprint density at radius 3 is 2.31 bits per heavy atom. The SMILES string of the molecule is CCCCN(CCCC)C(=O)C1CC(=O)N(Cc2ccc(OC)cc2)C1. The van der Waals surface area contributed by atoms with E-state index in [1.807, 2.05) is 34.1 Å². The van der Waals surface area contributed by atoms with E-state index in [1.54, 1.807) is 7.11 Å². The van der Waals surface area contributed by atoms with E-state index in [-0.39, 0.29) is 17.7 Å². The highest BCUT2D eigenvalue weighted by Gasteiger charge is 2.36. The Morgan fingerprint density at radius 1 is 1.15 bits per heavy atom. The molecule has 1 aromatic carbocycles. The summed E-state index contributed by atoms with van der Waals surface area (Å²) >= 11 is 0. The van der Waals surface area contributed by atoms with Gasteiger partial charge in [0, 0.05) is 32.6 Å². The van der Waals surface area contributed by atoms with Gasteiger partial charge in [0.25, 0.3) is 0 Å². The highest BCUT2D eigenvalue weighted by Crippen LogP contribution is 2.23. The molecule has 1 unspecified atom stereocenters. The zero-order chi connectivity index (χ0) is 18.9. The largest absolute Gasteiger partial charge is 0.497 e. The number of ether oxygens (including phenoxy) is 1. The van der Waals surface area contributed by atoms with Crippen LogP contribution in [0.4, 0.5) is 0 Å². The van der Waals surface area contributed by atoms with E-state index >= 15 is 0 Å². The minimum atomic E-state index is -0.200. The number of likely N-dealkylation sites (tertiary alicyclic amines) is 1. The molecule has 144 valence electrons. The third-order valence-electron chi connectivity index (χ3n) is 4.97. The van der Waals surface area contributed by atoms with Crippen LogP contribution in [-0.2, 0) is 16.1 Å². The fraction of sp³-hybridized carbons (Fsp3) is 0.619. The molecule has 1 heterocycles. The molecule has 0 aromatic heterocycles. The number of methoxy groups -OCH3 is 1. The Morgan fingerprint density at radius 2 is 1.77 bits per heavy atom. The smallest absolute Gasteiger partial charge is 0.227 e. The summed E-state index contributed by atoms with van der Waals surface area (Å²) in [7, 11) is 1.64. The third-order valence-corrected chi connectivity index (χ3v) is 4.97. The molecule has 2 rings (SSSR count). The number of amides is 2. The van der Waals surface area contributed by atoms with Gasteiger partial charge in [-0.05, 0) is 30.5 Å². The van der Waals surface area contributed by atoms with E-state index in [0.717, 1.165) is 50.1 Å². The van der Waals surface area contributed by atoms with Crippen molar-refractivity contribution in [3.63, 3.8) is 0 Å². The van der Waals surface area contributed by atoms with E-state index in [2.05, 4.69) is 13.8 Å². The van der Waals surface area contributed by atoms with Crippen LogP contribution < -0.4 is 4.74 Å².